The molecular weight excluding hydrogens is 338 g/mol. The highest BCUT2D eigenvalue weighted by Gasteiger charge is 2.35. The zero-order valence-corrected chi connectivity index (χ0v) is 14.8. The summed E-state index contributed by atoms with van der Waals surface area (Å²) in [6.45, 7) is 5.96. The minimum Gasteiger partial charge on any atom is -0.480 e. The molecule has 0 aliphatic rings. The van der Waals surface area contributed by atoms with Crippen molar-refractivity contribution in [2.75, 3.05) is 26.4 Å². The van der Waals surface area contributed by atoms with Crippen molar-refractivity contribution in [3.63, 3.8) is 0 Å². The topological polar surface area (TPSA) is 163 Å². The number of carbonyl (C=O) groups is 3. The summed E-state index contributed by atoms with van der Waals surface area (Å²) in [4.78, 5) is 31.7. The first kappa shape index (κ1) is 25.5. The predicted octanol–water partition coefficient (Wildman–Crippen LogP) is -0.213. The second-order valence-corrected chi connectivity index (χ2v) is 4.79. The Kier molecular flexibility index (Phi) is 16.1. The summed E-state index contributed by atoms with van der Waals surface area (Å²) >= 11 is 0. The fraction of sp³-hybridized carbons (Fsp3) is 0.800. The van der Waals surface area contributed by atoms with E-state index in [1.54, 1.807) is 13.8 Å². The van der Waals surface area contributed by atoms with Crippen LogP contribution in [0.1, 0.15) is 33.6 Å². The third kappa shape index (κ3) is 12.3. The first-order chi connectivity index (χ1) is 11.8. The molecule has 0 radical (unpaired) electrons. The van der Waals surface area contributed by atoms with E-state index in [-0.39, 0.29) is 26.2 Å². The fourth-order valence-corrected chi connectivity index (χ4v) is 1.70. The largest absolute Gasteiger partial charge is 0.480 e. The van der Waals surface area contributed by atoms with Gasteiger partial charge >= 0.3 is 17.9 Å². The van der Waals surface area contributed by atoms with E-state index in [2.05, 4.69) is 5.32 Å². The van der Waals surface area contributed by atoms with Crippen LogP contribution >= 0.6 is 0 Å². The fourth-order valence-electron chi connectivity index (χ4n) is 1.70. The molecular formula is C15H29NO9. The van der Waals surface area contributed by atoms with E-state index >= 15 is 0 Å². The summed E-state index contributed by atoms with van der Waals surface area (Å²) in [6.07, 6.45) is -1.75. The van der Waals surface area contributed by atoms with Gasteiger partial charge in [-0.15, -0.1) is 0 Å². The Morgan fingerprint density at radius 2 is 1.32 bits per heavy atom. The highest BCUT2D eigenvalue weighted by atomic mass is 16.6. The maximum atomic E-state index is 10.6. The Hall–Kier alpha value is -1.75. The van der Waals surface area contributed by atoms with Gasteiger partial charge in [0.05, 0.1) is 0 Å². The van der Waals surface area contributed by atoms with Gasteiger partial charge < -0.3 is 35.2 Å². The average Bonchev–Trinajstić information content (AvgIpc) is 2.54. The number of rotatable bonds is 13. The van der Waals surface area contributed by atoms with E-state index in [1.165, 1.54) is 0 Å². The van der Waals surface area contributed by atoms with E-state index in [1.807, 2.05) is 6.92 Å². The molecule has 10 heteroatoms. The maximum absolute atomic E-state index is 10.6. The average molecular weight is 367 g/mol. The molecule has 0 aromatic rings. The second kappa shape index (κ2) is 15.8. The summed E-state index contributed by atoms with van der Waals surface area (Å²) in [5.74, 6) is -3.58. The number of nitrogens with one attached hydrogen (secondary N) is 1. The quantitative estimate of drug-likeness (QED) is 0.294. The van der Waals surface area contributed by atoms with Gasteiger partial charge in [-0.25, -0.2) is 9.59 Å². The Balaban J connectivity index is 0. The van der Waals surface area contributed by atoms with Crippen molar-refractivity contribution in [1.82, 2.24) is 5.32 Å². The van der Waals surface area contributed by atoms with Gasteiger partial charge in [0.15, 0.2) is 12.2 Å². The van der Waals surface area contributed by atoms with E-state index in [9.17, 15) is 14.4 Å². The Morgan fingerprint density at radius 3 is 1.56 bits per heavy atom. The number of aliphatic carboxylic acids is 3. The second-order valence-electron chi connectivity index (χ2n) is 4.79. The van der Waals surface area contributed by atoms with Crippen molar-refractivity contribution in [2.24, 2.45) is 0 Å². The Bertz CT molecular complexity index is 367. The van der Waals surface area contributed by atoms with Crippen molar-refractivity contribution in [3.05, 3.63) is 0 Å². The van der Waals surface area contributed by atoms with E-state index in [0.717, 1.165) is 6.42 Å². The van der Waals surface area contributed by atoms with Gasteiger partial charge in [0.25, 0.3) is 0 Å². The lowest BCUT2D eigenvalue weighted by molar-refractivity contribution is -0.175. The SMILES string of the molecule is CCCN[C@@H](CCO)C(=O)O.CCOC(C(=O)O)C(OCC)C(=O)O. The number of ether oxygens (including phenoxy) is 2. The molecule has 0 saturated carbocycles. The van der Waals surface area contributed by atoms with Crippen molar-refractivity contribution >= 4 is 17.9 Å². The first-order valence-electron chi connectivity index (χ1n) is 8.02. The number of aliphatic hydroxyl groups is 1. The molecule has 0 bridgehead atoms. The van der Waals surface area contributed by atoms with Crippen molar-refractivity contribution < 1.29 is 44.3 Å². The van der Waals surface area contributed by atoms with Gasteiger partial charge in [-0.1, -0.05) is 6.92 Å². The van der Waals surface area contributed by atoms with Crippen molar-refractivity contribution in [1.29, 1.82) is 0 Å². The molecule has 0 aliphatic carbocycles. The number of carboxylic acids is 3. The molecule has 0 aromatic heterocycles. The predicted molar refractivity (Wildman–Crippen MR) is 87.5 cm³/mol. The minimum absolute atomic E-state index is 0.0896. The molecule has 0 aromatic carbocycles. The molecule has 0 rings (SSSR count). The third-order valence-electron chi connectivity index (χ3n) is 2.81. The van der Waals surface area contributed by atoms with Gasteiger partial charge in [-0.2, -0.15) is 0 Å². The molecule has 0 amide bonds. The molecule has 148 valence electrons. The molecule has 0 fully saturated rings. The summed E-state index contributed by atoms with van der Waals surface area (Å²) in [5.41, 5.74) is 0. The lowest BCUT2D eigenvalue weighted by atomic mass is 10.2. The number of hydrogen-bond donors (Lipinski definition) is 5. The van der Waals surface area contributed by atoms with Crippen LogP contribution in [0.4, 0.5) is 0 Å². The Labute approximate surface area is 146 Å². The molecule has 0 saturated heterocycles. The van der Waals surface area contributed by atoms with Crippen LogP contribution in [0, 0.1) is 0 Å². The molecule has 25 heavy (non-hydrogen) atoms. The van der Waals surface area contributed by atoms with Crippen LogP contribution in [0.2, 0.25) is 0 Å². The molecule has 5 N–H and O–H groups in total. The standard InChI is InChI=1S/C8H14O6.C7H15NO3/c1-3-13-5(7(9)10)6(8(11)12)14-4-2;1-2-4-8-6(3-5-9)7(10)11/h5-6H,3-4H2,1-2H3,(H,9,10)(H,11,12);6,8-9H,2-5H2,1H3,(H,10,11)/t;6-/m.0/s1. The van der Waals surface area contributed by atoms with Crippen LogP contribution in [0.5, 0.6) is 0 Å². The smallest absolute Gasteiger partial charge is 0.336 e. The molecule has 0 spiro atoms. The summed E-state index contributed by atoms with van der Waals surface area (Å²) < 4.78 is 9.55. The van der Waals surface area contributed by atoms with Crippen molar-refractivity contribution in [3.8, 4) is 0 Å². The summed E-state index contributed by atoms with van der Waals surface area (Å²) in [6, 6.07) is -0.597. The van der Waals surface area contributed by atoms with E-state index in [0.29, 0.717) is 6.54 Å². The van der Waals surface area contributed by atoms with Crippen molar-refractivity contribution in [2.45, 2.75) is 51.9 Å². The van der Waals surface area contributed by atoms with Crippen LogP contribution in [0.25, 0.3) is 0 Å². The highest BCUT2D eigenvalue weighted by molar-refractivity contribution is 5.83. The summed E-state index contributed by atoms with van der Waals surface area (Å²) in [7, 11) is 0. The van der Waals surface area contributed by atoms with Gasteiger partial charge in [-0.05, 0) is 33.2 Å². The molecule has 2 unspecified atom stereocenters. The highest BCUT2D eigenvalue weighted by Crippen LogP contribution is 2.05. The van der Waals surface area contributed by atoms with Gasteiger partial charge in [0.2, 0.25) is 0 Å². The van der Waals surface area contributed by atoms with Crippen LogP contribution < -0.4 is 5.32 Å². The monoisotopic (exact) mass is 367 g/mol. The maximum Gasteiger partial charge on any atom is 0.336 e. The van der Waals surface area contributed by atoms with E-state index in [4.69, 9.17) is 29.9 Å². The third-order valence-corrected chi connectivity index (χ3v) is 2.81. The lowest BCUT2D eigenvalue weighted by Crippen LogP contribution is -2.43. The first-order valence-corrected chi connectivity index (χ1v) is 8.02. The normalized spacial score (nSPS) is 13.9. The van der Waals surface area contributed by atoms with Gasteiger partial charge in [-0.3, -0.25) is 4.79 Å². The minimum atomic E-state index is -1.46. The molecule has 10 nitrogen and oxygen atoms in total. The molecule has 0 aliphatic heterocycles. The zero-order chi connectivity index (χ0) is 19.8. The lowest BCUT2D eigenvalue weighted by Gasteiger charge is -2.19. The Morgan fingerprint density at radius 1 is 0.880 bits per heavy atom. The number of carboxylic acid groups (broad SMARTS) is 3. The van der Waals surface area contributed by atoms with E-state index < -0.39 is 36.2 Å². The molecule has 3 atom stereocenters. The van der Waals surface area contributed by atoms with Crippen LogP contribution in [-0.2, 0) is 23.9 Å². The molecule has 0 heterocycles. The van der Waals surface area contributed by atoms with Crippen LogP contribution in [0.15, 0.2) is 0 Å². The zero-order valence-electron chi connectivity index (χ0n) is 14.8. The van der Waals surface area contributed by atoms with Gasteiger partial charge in [0.1, 0.15) is 6.04 Å². The van der Waals surface area contributed by atoms with Gasteiger partial charge in [0, 0.05) is 19.8 Å². The number of hydrogen-bond acceptors (Lipinski definition) is 7. The van der Waals surface area contributed by atoms with Crippen LogP contribution in [-0.4, -0.2) is 82.9 Å². The van der Waals surface area contributed by atoms with Crippen LogP contribution in [0.3, 0.4) is 0 Å². The number of aliphatic hydroxyl groups excluding tert-OH is 1. The summed E-state index contributed by atoms with van der Waals surface area (Å²) in [5, 5.41) is 37.2.